The molecule has 1 aromatic carbocycles. The van der Waals surface area contributed by atoms with Crippen LogP contribution in [0.4, 0.5) is 0 Å². The first-order valence-electron chi connectivity index (χ1n) is 11.7. The highest BCUT2D eigenvalue weighted by molar-refractivity contribution is 7.89. The Hall–Kier alpha value is -2.65. The van der Waals surface area contributed by atoms with E-state index >= 15 is 0 Å². The molecule has 34 heavy (non-hydrogen) atoms. The minimum atomic E-state index is -3.78. The van der Waals surface area contributed by atoms with E-state index in [1.165, 1.54) is 12.1 Å². The van der Waals surface area contributed by atoms with Crippen molar-refractivity contribution >= 4 is 21.6 Å². The van der Waals surface area contributed by atoms with Gasteiger partial charge in [-0.25, -0.2) is 0 Å². The lowest BCUT2D eigenvalue weighted by atomic mass is 9.79. The van der Waals surface area contributed by atoms with Crippen molar-refractivity contribution in [1.82, 2.24) is 15.5 Å². The summed E-state index contributed by atoms with van der Waals surface area (Å²) in [5.74, 6) is 0.715. The topological polar surface area (TPSA) is 113 Å². The number of carbonyl (C=O) groups excluding carboxylic acids is 1. The van der Waals surface area contributed by atoms with Crippen LogP contribution >= 0.6 is 0 Å². The van der Waals surface area contributed by atoms with Crippen LogP contribution in [-0.2, 0) is 16.4 Å². The summed E-state index contributed by atoms with van der Waals surface area (Å²) < 4.78 is 31.2. The lowest BCUT2D eigenvalue weighted by molar-refractivity contribution is 0.0843. The van der Waals surface area contributed by atoms with Crippen LogP contribution in [0.15, 0.2) is 44.7 Å². The fraction of sp³-hybridized carbons (Fsp3) is 0.520. The predicted molar refractivity (Wildman–Crippen MR) is 131 cm³/mol. The SMILES string of the molecule is Cc1c(C(=O)NC2CC(C)(C)NC(C)(C)C2)oc2c1/C(=N/NS(=O)(=O)c1ccccc1)CCC2. The van der Waals surface area contributed by atoms with Crippen LogP contribution in [0.5, 0.6) is 0 Å². The third-order valence-electron chi connectivity index (χ3n) is 6.41. The van der Waals surface area contributed by atoms with Gasteiger partial charge in [-0.2, -0.15) is 18.4 Å². The Bertz CT molecular complexity index is 1200. The summed E-state index contributed by atoms with van der Waals surface area (Å²) >= 11 is 0. The molecule has 0 radical (unpaired) electrons. The van der Waals surface area contributed by atoms with Crippen LogP contribution in [0.25, 0.3) is 0 Å². The molecule has 2 heterocycles. The number of nitrogens with one attached hydrogen (secondary N) is 3. The maximum atomic E-state index is 13.2. The van der Waals surface area contributed by atoms with Crippen molar-refractivity contribution in [3.05, 3.63) is 53.0 Å². The molecule has 2 aromatic rings. The highest BCUT2D eigenvalue weighted by atomic mass is 32.2. The Morgan fingerprint density at radius 3 is 2.38 bits per heavy atom. The molecule has 4 rings (SSSR count). The van der Waals surface area contributed by atoms with E-state index in [0.717, 1.165) is 24.8 Å². The average molecular weight is 487 g/mol. The molecule has 8 nitrogen and oxygen atoms in total. The quantitative estimate of drug-likeness (QED) is 0.559. The number of aryl methyl sites for hydroxylation is 1. The number of amides is 1. The van der Waals surface area contributed by atoms with Gasteiger partial charge in [0.05, 0.1) is 10.6 Å². The van der Waals surface area contributed by atoms with Gasteiger partial charge in [-0.3, -0.25) is 4.79 Å². The van der Waals surface area contributed by atoms with Crippen LogP contribution in [0.1, 0.15) is 80.8 Å². The van der Waals surface area contributed by atoms with Gasteiger partial charge in [0.2, 0.25) is 0 Å². The Balaban J connectivity index is 1.56. The zero-order chi connectivity index (χ0) is 24.7. The largest absolute Gasteiger partial charge is 0.455 e. The number of furan rings is 1. The number of rotatable bonds is 5. The summed E-state index contributed by atoms with van der Waals surface area (Å²) in [7, 11) is -3.78. The molecule has 2 aliphatic rings. The number of benzene rings is 1. The van der Waals surface area contributed by atoms with Crippen LogP contribution in [0, 0.1) is 6.92 Å². The van der Waals surface area contributed by atoms with Crippen molar-refractivity contribution in [2.45, 2.75) is 88.7 Å². The van der Waals surface area contributed by atoms with E-state index in [1.807, 2.05) is 6.92 Å². The maximum absolute atomic E-state index is 13.2. The molecule has 1 aromatic heterocycles. The first-order valence-corrected chi connectivity index (χ1v) is 13.2. The van der Waals surface area contributed by atoms with Crippen molar-refractivity contribution in [2.24, 2.45) is 5.10 Å². The number of hydrazone groups is 1. The molecule has 1 aliphatic carbocycles. The summed E-state index contributed by atoms with van der Waals surface area (Å²) in [5, 5.41) is 11.0. The molecule has 0 atom stereocenters. The van der Waals surface area contributed by atoms with Gasteiger partial charge >= 0.3 is 0 Å². The van der Waals surface area contributed by atoms with Gasteiger partial charge in [0.1, 0.15) is 5.76 Å². The Labute approximate surface area is 201 Å². The molecular weight excluding hydrogens is 452 g/mol. The molecule has 1 fully saturated rings. The molecule has 9 heteroatoms. The van der Waals surface area contributed by atoms with Crippen molar-refractivity contribution in [1.29, 1.82) is 0 Å². The molecule has 3 N–H and O–H groups in total. The third-order valence-corrected chi connectivity index (χ3v) is 7.64. The zero-order valence-corrected chi connectivity index (χ0v) is 21.3. The highest BCUT2D eigenvalue weighted by Gasteiger charge is 2.39. The minimum Gasteiger partial charge on any atom is -0.455 e. The zero-order valence-electron chi connectivity index (χ0n) is 20.5. The standard InChI is InChI=1S/C25H34N4O4S/c1-16-21-19(27-29-34(31,32)18-10-7-6-8-11-18)12-9-13-20(21)33-22(16)23(30)26-17-14-24(2,3)28-25(4,5)15-17/h6-8,10-11,17,28-29H,9,12-15H2,1-5H3,(H,26,30)/b27-19+. The van der Waals surface area contributed by atoms with E-state index in [-0.39, 0.29) is 33.7 Å². The van der Waals surface area contributed by atoms with Crippen LogP contribution in [-0.4, -0.2) is 37.2 Å². The van der Waals surface area contributed by atoms with Crippen LogP contribution < -0.4 is 15.5 Å². The first-order chi connectivity index (χ1) is 15.9. The molecule has 1 amide bonds. The van der Waals surface area contributed by atoms with E-state index in [9.17, 15) is 13.2 Å². The second kappa shape index (κ2) is 8.85. The van der Waals surface area contributed by atoms with E-state index in [2.05, 4.69) is 48.3 Å². The maximum Gasteiger partial charge on any atom is 0.287 e. The van der Waals surface area contributed by atoms with Crippen LogP contribution in [0.2, 0.25) is 0 Å². The highest BCUT2D eigenvalue weighted by Crippen LogP contribution is 2.32. The fourth-order valence-corrected chi connectivity index (χ4v) is 6.29. The number of nitrogens with zero attached hydrogens (tertiary/aromatic N) is 1. The van der Waals surface area contributed by atoms with E-state index in [1.54, 1.807) is 18.2 Å². The Morgan fingerprint density at radius 1 is 1.09 bits per heavy atom. The molecule has 0 bridgehead atoms. The number of piperidine rings is 1. The van der Waals surface area contributed by atoms with Crippen molar-refractivity contribution in [3.8, 4) is 0 Å². The van der Waals surface area contributed by atoms with E-state index in [4.69, 9.17) is 4.42 Å². The minimum absolute atomic E-state index is 0.0195. The number of sulfonamides is 1. The third kappa shape index (κ3) is 5.20. The first kappa shape index (κ1) is 24.5. The molecule has 1 aliphatic heterocycles. The molecule has 0 spiro atoms. The number of hydrogen-bond donors (Lipinski definition) is 3. The average Bonchev–Trinajstić information content (AvgIpc) is 3.08. The van der Waals surface area contributed by atoms with Gasteiger partial charge in [0, 0.05) is 34.7 Å². The van der Waals surface area contributed by atoms with Gasteiger partial charge in [0.15, 0.2) is 5.76 Å². The van der Waals surface area contributed by atoms with Crippen molar-refractivity contribution in [2.75, 3.05) is 0 Å². The van der Waals surface area contributed by atoms with Gasteiger partial charge in [-0.05, 0) is 72.4 Å². The van der Waals surface area contributed by atoms with Gasteiger partial charge in [-0.1, -0.05) is 18.2 Å². The molecule has 0 unspecified atom stereocenters. The number of fused-ring (bicyclic) bond motifs is 1. The summed E-state index contributed by atoms with van der Waals surface area (Å²) in [6.45, 7) is 10.4. The van der Waals surface area contributed by atoms with E-state index in [0.29, 0.717) is 29.9 Å². The summed E-state index contributed by atoms with van der Waals surface area (Å²) in [6, 6.07) is 8.14. The van der Waals surface area contributed by atoms with Crippen molar-refractivity contribution < 1.29 is 17.6 Å². The van der Waals surface area contributed by atoms with Gasteiger partial charge in [-0.15, -0.1) is 0 Å². The normalized spacial score (nSPS) is 21.1. The molecule has 0 saturated carbocycles. The summed E-state index contributed by atoms with van der Waals surface area (Å²) in [6.07, 6.45) is 3.68. The second-order valence-electron chi connectivity index (χ2n) is 10.6. The molecule has 184 valence electrons. The molecular formula is C25H34N4O4S. The fourth-order valence-electron chi connectivity index (χ4n) is 5.44. The lowest BCUT2D eigenvalue weighted by Crippen LogP contribution is -2.62. The Morgan fingerprint density at radius 2 is 1.74 bits per heavy atom. The summed E-state index contributed by atoms with van der Waals surface area (Å²) in [4.78, 5) is 15.7. The van der Waals surface area contributed by atoms with Crippen molar-refractivity contribution in [3.63, 3.8) is 0 Å². The second-order valence-corrected chi connectivity index (χ2v) is 12.3. The Kier molecular flexibility index (Phi) is 6.37. The lowest BCUT2D eigenvalue weighted by Gasteiger charge is -2.46. The monoisotopic (exact) mass is 486 g/mol. The number of carbonyl (C=O) groups is 1. The predicted octanol–water partition coefficient (Wildman–Crippen LogP) is 3.65. The van der Waals surface area contributed by atoms with Crippen LogP contribution in [0.3, 0.4) is 0 Å². The van der Waals surface area contributed by atoms with E-state index < -0.39 is 10.0 Å². The smallest absolute Gasteiger partial charge is 0.287 e. The summed E-state index contributed by atoms with van der Waals surface area (Å²) in [5.41, 5.74) is 1.83. The number of hydrogen-bond acceptors (Lipinski definition) is 6. The van der Waals surface area contributed by atoms with Gasteiger partial charge in [0.25, 0.3) is 15.9 Å². The van der Waals surface area contributed by atoms with Gasteiger partial charge < -0.3 is 15.1 Å². The molecule has 1 saturated heterocycles.